The molecule has 0 bridgehead atoms. The predicted molar refractivity (Wildman–Crippen MR) is 102 cm³/mol. The van der Waals surface area contributed by atoms with Crippen LogP contribution in [0.2, 0.25) is 0 Å². The number of unbranched alkanes of at least 4 members (excludes halogenated alkanes) is 1. The van der Waals surface area contributed by atoms with Crippen molar-refractivity contribution in [2.24, 2.45) is 0 Å². The van der Waals surface area contributed by atoms with Gasteiger partial charge in [-0.05, 0) is 42.8 Å². The second-order valence-corrected chi connectivity index (χ2v) is 5.93. The maximum Gasteiger partial charge on any atom is 0.338 e. The van der Waals surface area contributed by atoms with E-state index in [0.717, 1.165) is 12.8 Å². The largest absolute Gasteiger partial charge is 0.462 e. The first-order chi connectivity index (χ1) is 13.5. The molecule has 0 saturated carbocycles. The second kappa shape index (κ2) is 10.6. The van der Waals surface area contributed by atoms with E-state index in [1.807, 2.05) is 6.92 Å². The summed E-state index contributed by atoms with van der Waals surface area (Å²) >= 11 is 0. The number of anilines is 1. The van der Waals surface area contributed by atoms with E-state index in [4.69, 9.17) is 9.47 Å². The van der Waals surface area contributed by atoms with E-state index in [1.165, 1.54) is 24.3 Å². The van der Waals surface area contributed by atoms with Crippen molar-refractivity contribution in [2.75, 3.05) is 18.5 Å². The molecule has 0 aliphatic heterocycles. The lowest BCUT2D eigenvalue weighted by molar-refractivity contribution is -0.119. The molecule has 0 fully saturated rings. The van der Waals surface area contributed by atoms with Gasteiger partial charge in [-0.2, -0.15) is 0 Å². The first-order valence-electron chi connectivity index (χ1n) is 8.83. The highest BCUT2D eigenvalue weighted by atomic mass is 16.5. The minimum atomic E-state index is -0.669. The van der Waals surface area contributed by atoms with Crippen LogP contribution in [0.25, 0.3) is 0 Å². The molecular formula is C21H21NO6. The van der Waals surface area contributed by atoms with E-state index in [9.17, 15) is 19.2 Å². The molecule has 0 atom stereocenters. The van der Waals surface area contributed by atoms with Crippen LogP contribution in [0.4, 0.5) is 5.69 Å². The third-order valence-electron chi connectivity index (χ3n) is 3.75. The zero-order valence-electron chi connectivity index (χ0n) is 15.5. The SMILES string of the molecule is CCCCOC(=O)c1ccc(NC(=O)COC(=O)c2ccc(C=O)cc2)cc1. The van der Waals surface area contributed by atoms with Crippen LogP contribution in [0.1, 0.15) is 50.8 Å². The number of carbonyl (C=O) groups is 4. The van der Waals surface area contributed by atoms with Gasteiger partial charge in [-0.1, -0.05) is 25.5 Å². The highest BCUT2D eigenvalue weighted by molar-refractivity contribution is 5.96. The molecule has 146 valence electrons. The lowest BCUT2D eigenvalue weighted by atomic mass is 10.1. The molecule has 1 N–H and O–H groups in total. The van der Waals surface area contributed by atoms with Gasteiger partial charge < -0.3 is 14.8 Å². The smallest absolute Gasteiger partial charge is 0.338 e. The molecule has 0 aliphatic carbocycles. The molecule has 0 aromatic heterocycles. The Morgan fingerprint density at radius 3 is 2.04 bits per heavy atom. The number of benzene rings is 2. The van der Waals surface area contributed by atoms with E-state index in [-0.39, 0.29) is 5.56 Å². The number of carbonyl (C=O) groups excluding carboxylic acids is 4. The van der Waals surface area contributed by atoms with Gasteiger partial charge in [0.05, 0.1) is 17.7 Å². The van der Waals surface area contributed by atoms with Crippen LogP contribution in [0.3, 0.4) is 0 Å². The Morgan fingerprint density at radius 2 is 1.46 bits per heavy atom. The highest BCUT2D eigenvalue weighted by Crippen LogP contribution is 2.11. The van der Waals surface area contributed by atoms with Crippen LogP contribution >= 0.6 is 0 Å². The van der Waals surface area contributed by atoms with E-state index < -0.39 is 24.5 Å². The van der Waals surface area contributed by atoms with Crippen molar-refractivity contribution in [3.05, 3.63) is 65.2 Å². The van der Waals surface area contributed by atoms with Gasteiger partial charge in [-0.15, -0.1) is 0 Å². The molecular weight excluding hydrogens is 362 g/mol. The van der Waals surface area contributed by atoms with Crippen LogP contribution in [-0.4, -0.2) is 37.3 Å². The summed E-state index contributed by atoms with van der Waals surface area (Å²) in [5.41, 5.74) is 1.53. The molecule has 7 heteroatoms. The van der Waals surface area contributed by atoms with E-state index in [2.05, 4.69) is 5.32 Å². The molecule has 0 aliphatic rings. The first kappa shape index (κ1) is 20.8. The summed E-state index contributed by atoms with van der Waals surface area (Å²) in [6, 6.07) is 12.1. The predicted octanol–water partition coefficient (Wildman–Crippen LogP) is 3.25. The summed E-state index contributed by atoms with van der Waals surface area (Å²) < 4.78 is 10.0. The van der Waals surface area contributed by atoms with E-state index >= 15 is 0 Å². The fraction of sp³-hybridized carbons (Fsp3) is 0.238. The summed E-state index contributed by atoms with van der Waals surface area (Å²) in [5.74, 6) is -1.60. The Bertz CT molecular complexity index is 827. The number of aldehydes is 1. The zero-order chi connectivity index (χ0) is 20.4. The number of hydrogen-bond acceptors (Lipinski definition) is 6. The zero-order valence-corrected chi connectivity index (χ0v) is 15.5. The fourth-order valence-corrected chi connectivity index (χ4v) is 2.19. The van der Waals surface area contributed by atoms with Crippen LogP contribution in [0.5, 0.6) is 0 Å². The Morgan fingerprint density at radius 1 is 0.893 bits per heavy atom. The Hall–Kier alpha value is -3.48. The lowest BCUT2D eigenvalue weighted by Crippen LogP contribution is -2.21. The van der Waals surface area contributed by atoms with Crippen molar-refractivity contribution >= 4 is 29.8 Å². The Balaban J connectivity index is 1.81. The van der Waals surface area contributed by atoms with Gasteiger partial charge in [0.2, 0.25) is 0 Å². The van der Waals surface area contributed by atoms with Crippen molar-refractivity contribution in [1.29, 1.82) is 0 Å². The lowest BCUT2D eigenvalue weighted by Gasteiger charge is -2.08. The average Bonchev–Trinajstić information content (AvgIpc) is 2.72. The number of rotatable bonds is 9. The number of hydrogen-bond donors (Lipinski definition) is 1. The maximum absolute atomic E-state index is 11.9. The molecule has 1 amide bonds. The molecule has 0 heterocycles. The molecule has 2 aromatic carbocycles. The molecule has 2 aromatic rings. The van der Waals surface area contributed by atoms with E-state index in [1.54, 1.807) is 24.3 Å². The number of amides is 1. The van der Waals surface area contributed by atoms with Crippen molar-refractivity contribution < 1.29 is 28.7 Å². The van der Waals surface area contributed by atoms with Gasteiger partial charge in [-0.25, -0.2) is 9.59 Å². The molecule has 2 rings (SSSR count). The van der Waals surface area contributed by atoms with Gasteiger partial charge in [-0.3, -0.25) is 9.59 Å². The normalized spacial score (nSPS) is 10.0. The summed E-state index contributed by atoms with van der Waals surface area (Å²) in [4.78, 5) is 46.2. The minimum Gasteiger partial charge on any atom is -0.462 e. The third kappa shape index (κ3) is 6.35. The quantitative estimate of drug-likeness (QED) is 0.405. The summed E-state index contributed by atoms with van der Waals surface area (Å²) in [6.45, 7) is 1.91. The standard InChI is InChI=1S/C21H21NO6/c1-2-3-12-27-20(25)17-8-10-18(11-9-17)22-19(24)14-28-21(26)16-6-4-15(13-23)5-7-16/h4-11,13H,2-3,12,14H2,1H3,(H,22,24). The molecule has 0 radical (unpaired) electrons. The molecule has 0 unspecified atom stereocenters. The summed E-state index contributed by atoms with van der Waals surface area (Å²) in [7, 11) is 0. The molecule has 7 nitrogen and oxygen atoms in total. The van der Waals surface area contributed by atoms with Gasteiger partial charge in [0.25, 0.3) is 5.91 Å². The van der Waals surface area contributed by atoms with Gasteiger partial charge >= 0.3 is 11.9 Å². The Labute approximate surface area is 162 Å². The topological polar surface area (TPSA) is 98.8 Å². The summed E-state index contributed by atoms with van der Waals surface area (Å²) in [6.07, 6.45) is 2.41. The molecule has 0 saturated heterocycles. The number of ether oxygens (including phenoxy) is 2. The van der Waals surface area contributed by atoms with E-state index in [0.29, 0.717) is 29.7 Å². The second-order valence-electron chi connectivity index (χ2n) is 5.93. The van der Waals surface area contributed by atoms with Crippen molar-refractivity contribution in [3.8, 4) is 0 Å². The van der Waals surface area contributed by atoms with Crippen LogP contribution in [0, 0.1) is 0 Å². The monoisotopic (exact) mass is 383 g/mol. The van der Waals surface area contributed by atoms with Gasteiger partial charge in [0.1, 0.15) is 6.29 Å². The van der Waals surface area contributed by atoms with Crippen molar-refractivity contribution in [2.45, 2.75) is 19.8 Å². The first-order valence-corrected chi connectivity index (χ1v) is 8.83. The minimum absolute atomic E-state index is 0.240. The summed E-state index contributed by atoms with van der Waals surface area (Å²) in [5, 5.41) is 2.57. The molecule has 28 heavy (non-hydrogen) atoms. The van der Waals surface area contributed by atoms with Crippen molar-refractivity contribution in [1.82, 2.24) is 0 Å². The number of esters is 2. The van der Waals surface area contributed by atoms with Crippen molar-refractivity contribution in [3.63, 3.8) is 0 Å². The molecule has 0 spiro atoms. The average molecular weight is 383 g/mol. The van der Waals surface area contributed by atoms with Crippen LogP contribution in [0.15, 0.2) is 48.5 Å². The third-order valence-corrected chi connectivity index (χ3v) is 3.75. The van der Waals surface area contributed by atoms with Gasteiger partial charge in [0.15, 0.2) is 6.61 Å². The van der Waals surface area contributed by atoms with Crippen LogP contribution < -0.4 is 5.32 Å². The number of nitrogens with one attached hydrogen (secondary N) is 1. The van der Waals surface area contributed by atoms with Gasteiger partial charge in [0, 0.05) is 11.3 Å². The van der Waals surface area contributed by atoms with Crippen LogP contribution in [-0.2, 0) is 14.3 Å². The maximum atomic E-state index is 11.9. The fourth-order valence-electron chi connectivity index (χ4n) is 2.19. The Kier molecular flexibility index (Phi) is 7.90. The highest BCUT2D eigenvalue weighted by Gasteiger charge is 2.11.